The van der Waals surface area contributed by atoms with E-state index in [1.165, 1.54) is 37.6 Å². The van der Waals surface area contributed by atoms with Crippen LogP contribution in [0.4, 0.5) is 0 Å². The maximum Gasteiger partial charge on any atom is 0.240 e. The quantitative estimate of drug-likeness (QED) is 0.568. The van der Waals surface area contributed by atoms with Gasteiger partial charge in [-0.2, -0.15) is 0 Å². The van der Waals surface area contributed by atoms with Gasteiger partial charge in [-0.1, -0.05) is 12.1 Å². The Bertz CT molecular complexity index is 918. The molecule has 2 heterocycles. The van der Waals surface area contributed by atoms with Crippen LogP contribution < -0.4 is 4.72 Å². The van der Waals surface area contributed by atoms with Gasteiger partial charge in [0, 0.05) is 57.8 Å². The number of piperazine rings is 1. The minimum atomic E-state index is -3.74. The Morgan fingerprint density at radius 1 is 0.844 bits per heavy atom. The summed E-state index contributed by atoms with van der Waals surface area (Å²) in [5, 5.41) is 0. The second-order valence-electron chi connectivity index (χ2n) is 8.33. The first-order chi connectivity index (χ1) is 15.3. The number of benzene rings is 1. The van der Waals surface area contributed by atoms with Crippen molar-refractivity contribution in [2.45, 2.75) is 37.5 Å². The van der Waals surface area contributed by atoms with Gasteiger partial charge in [-0.25, -0.2) is 13.1 Å². The second-order valence-corrected chi connectivity index (χ2v) is 10.1. The van der Waals surface area contributed by atoms with Crippen molar-refractivity contribution in [1.82, 2.24) is 19.4 Å². The predicted molar refractivity (Wildman–Crippen MR) is 120 cm³/mol. The third-order valence-corrected chi connectivity index (χ3v) is 7.47. The van der Waals surface area contributed by atoms with Crippen LogP contribution in [-0.2, 0) is 19.6 Å². The number of Topliss-reactive ketones (excluding diaryl/α,β-unsaturated/α-hetero) is 1. The zero-order chi connectivity index (χ0) is 23.1. The molecule has 2 fully saturated rings. The molecule has 0 aromatic heterocycles. The summed E-state index contributed by atoms with van der Waals surface area (Å²) >= 11 is 0. The lowest BCUT2D eigenvalue weighted by Gasteiger charge is -2.36. The monoisotopic (exact) mass is 464 g/mol. The molecule has 0 atom stereocenters. The maximum atomic E-state index is 12.5. The number of amides is 2. The average Bonchev–Trinajstić information content (AvgIpc) is 2.80. The normalized spacial score (nSPS) is 17.9. The van der Waals surface area contributed by atoms with E-state index in [2.05, 4.69) is 9.62 Å². The van der Waals surface area contributed by atoms with Crippen molar-refractivity contribution in [2.75, 3.05) is 52.4 Å². The summed E-state index contributed by atoms with van der Waals surface area (Å²) in [6, 6.07) is 5.70. The van der Waals surface area contributed by atoms with E-state index in [4.69, 9.17) is 0 Å². The first-order valence-electron chi connectivity index (χ1n) is 11.1. The van der Waals surface area contributed by atoms with Gasteiger partial charge in [-0.3, -0.25) is 19.3 Å². The fraction of sp³-hybridized carbons (Fsp3) is 0.591. The van der Waals surface area contributed by atoms with Crippen molar-refractivity contribution in [3.8, 4) is 0 Å². The number of carbonyl (C=O) groups excluding carboxylic acids is 3. The molecule has 2 amide bonds. The van der Waals surface area contributed by atoms with E-state index in [-0.39, 0.29) is 35.5 Å². The summed E-state index contributed by atoms with van der Waals surface area (Å²) in [5.74, 6) is -0.0830. The van der Waals surface area contributed by atoms with E-state index in [0.29, 0.717) is 38.3 Å². The molecule has 9 nitrogen and oxygen atoms in total. The van der Waals surface area contributed by atoms with Crippen LogP contribution in [0.25, 0.3) is 0 Å². The number of likely N-dealkylation sites (tertiary alicyclic amines) is 1. The summed E-state index contributed by atoms with van der Waals surface area (Å²) in [7, 11) is -3.74. The molecule has 2 aliphatic rings. The van der Waals surface area contributed by atoms with Gasteiger partial charge in [0.05, 0.1) is 11.4 Å². The van der Waals surface area contributed by atoms with Crippen molar-refractivity contribution in [2.24, 2.45) is 0 Å². The molecule has 1 aromatic rings. The number of ketones is 1. The highest BCUT2D eigenvalue weighted by Crippen LogP contribution is 2.12. The number of hydrogen-bond donors (Lipinski definition) is 1. The first-order valence-corrected chi connectivity index (χ1v) is 12.6. The number of carbonyl (C=O) groups is 3. The molecular formula is C22H32N4O5S. The van der Waals surface area contributed by atoms with Gasteiger partial charge < -0.3 is 9.80 Å². The molecule has 10 heteroatoms. The van der Waals surface area contributed by atoms with Crippen LogP contribution in [0.1, 0.15) is 43.0 Å². The Balaban J connectivity index is 1.39. The van der Waals surface area contributed by atoms with Gasteiger partial charge in [0.25, 0.3) is 0 Å². The minimum Gasteiger partial charge on any atom is -0.342 e. The highest BCUT2D eigenvalue weighted by atomic mass is 32.2. The fourth-order valence-corrected chi connectivity index (χ4v) is 5.02. The number of nitrogens with zero attached hydrogens (tertiary/aromatic N) is 3. The minimum absolute atomic E-state index is 0.00326. The standard InChI is InChI=1S/C22H32N4O5S/c1-18(27)19-5-7-20(8-6-19)32(30,31)23-10-9-21(28)26-15-13-24(14-16-26)17-22(29)25-11-3-2-4-12-25/h5-8,23H,2-4,9-17H2,1H3. The Morgan fingerprint density at radius 3 is 2.03 bits per heavy atom. The maximum absolute atomic E-state index is 12.5. The Morgan fingerprint density at radius 2 is 1.44 bits per heavy atom. The molecule has 0 bridgehead atoms. The van der Waals surface area contributed by atoms with Crippen LogP contribution in [0.2, 0.25) is 0 Å². The summed E-state index contributed by atoms with van der Waals surface area (Å²) in [6.07, 6.45) is 3.40. The summed E-state index contributed by atoms with van der Waals surface area (Å²) in [6.45, 7) is 5.84. The lowest BCUT2D eigenvalue weighted by Crippen LogP contribution is -2.52. The molecule has 0 radical (unpaired) electrons. The number of nitrogens with one attached hydrogen (secondary N) is 1. The van der Waals surface area contributed by atoms with E-state index in [1.54, 1.807) is 4.90 Å². The highest BCUT2D eigenvalue weighted by Gasteiger charge is 2.25. The zero-order valence-corrected chi connectivity index (χ0v) is 19.4. The van der Waals surface area contributed by atoms with Gasteiger partial charge in [-0.15, -0.1) is 0 Å². The summed E-state index contributed by atoms with van der Waals surface area (Å²) in [4.78, 5) is 42.0. The SMILES string of the molecule is CC(=O)c1ccc(S(=O)(=O)NCCC(=O)N2CCN(CC(=O)N3CCCCC3)CC2)cc1. The molecular weight excluding hydrogens is 432 g/mol. The van der Waals surface area contributed by atoms with Crippen LogP contribution >= 0.6 is 0 Å². The molecule has 0 unspecified atom stereocenters. The van der Waals surface area contributed by atoms with E-state index < -0.39 is 10.0 Å². The molecule has 0 spiro atoms. The Labute approximate surface area is 189 Å². The zero-order valence-electron chi connectivity index (χ0n) is 18.6. The second kappa shape index (κ2) is 11.0. The molecule has 1 N–H and O–H groups in total. The first kappa shape index (κ1) is 24.3. The largest absolute Gasteiger partial charge is 0.342 e. The van der Waals surface area contributed by atoms with Gasteiger partial charge in [0.15, 0.2) is 5.78 Å². The number of hydrogen-bond acceptors (Lipinski definition) is 6. The molecule has 32 heavy (non-hydrogen) atoms. The summed E-state index contributed by atoms with van der Waals surface area (Å²) < 4.78 is 27.2. The Kier molecular flexibility index (Phi) is 8.38. The lowest BCUT2D eigenvalue weighted by atomic mass is 10.1. The third kappa shape index (κ3) is 6.60. The van der Waals surface area contributed by atoms with Gasteiger partial charge >= 0.3 is 0 Å². The Hall–Kier alpha value is -2.30. The van der Waals surface area contributed by atoms with Crippen molar-refractivity contribution in [3.05, 3.63) is 29.8 Å². The number of sulfonamides is 1. The third-order valence-electron chi connectivity index (χ3n) is 5.99. The highest BCUT2D eigenvalue weighted by molar-refractivity contribution is 7.89. The van der Waals surface area contributed by atoms with Crippen molar-refractivity contribution in [1.29, 1.82) is 0 Å². The van der Waals surface area contributed by atoms with Gasteiger partial charge in [0.2, 0.25) is 21.8 Å². The number of piperidine rings is 1. The molecule has 0 saturated carbocycles. The predicted octanol–water partition coefficient (Wildman–Crippen LogP) is 0.714. The van der Waals surface area contributed by atoms with Gasteiger partial charge in [0.1, 0.15) is 0 Å². The topological polar surface area (TPSA) is 107 Å². The van der Waals surface area contributed by atoms with Crippen LogP contribution in [0.3, 0.4) is 0 Å². The van der Waals surface area contributed by atoms with Crippen LogP contribution in [0.15, 0.2) is 29.2 Å². The molecule has 3 rings (SSSR count). The molecule has 1 aromatic carbocycles. The lowest BCUT2D eigenvalue weighted by molar-refractivity contribution is -0.135. The molecule has 176 valence electrons. The van der Waals surface area contributed by atoms with Crippen LogP contribution in [-0.4, -0.2) is 93.1 Å². The summed E-state index contributed by atoms with van der Waals surface area (Å²) in [5.41, 5.74) is 0.441. The van der Waals surface area contributed by atoms with Crippen LogP contribution in [0, 0.1) is 0 Å². The molecule has 0 aliphatic carbocycles. The number of rotatable bonds is 8. The van der Waals surface area contributed by atoms with E-state index in [9.17, 15) is 22.8 Å². The van der Waals surface area contributed by atoms with Crippen LogP contribution in [0.5, 0.6) is 0 Å². The van der Waals surface area contributed by atoms with Gasteiger partial charge in [-0.05, 0) is 38.3 Å². The smallest absolute Gasteiger partial charge is 0.240 e. The average molecular weight is 465 g/mol. The molecule has 2 saturated heterocycles. The fourth-order valence-electron chi connectivity index (χ4n) is 3.99. The molecule has 2 aliphatic heterocycles. The van der Waals surface area contributed by atoms with E-state index >= 15 is 0 Å². The van der Waals surface area contributed by atoms with E-state index in [1.807, 2.05) is 4.90 Å². The van der Waals surface area contributed by atoms with Crippen molar-refractivity contribution < 1.29 is 22.8 Å². The van der Waals surface area contributed by atoms with E-state index in [0.717, 1.165) is 25.9 Å². The van der Waals surface area contributed by atoms with Crippen molar-refractivity contribution >= 4 is 27.6 Å². The van der Waals surface area contributed by atoms with Crippen molar-refractivity contribution in [3.63, 3.8) is 0 Å².